The number of aromatic hydroxyl groups is 1. The molecule has 5 heteroatoms. The van der Waals surface area contributed by atoms with Crippen molar-refractivity contribution in [1.82, 2.24) is 5.32 Å². The van der Waals surface area contributed by atoms with E-state index in [0.717, 1.165) is 11.1 Å². The van der Waals surface area contributed by atoms with Gasteiger partial charge in [0.15, 0.2) is 0 Å². The number of benzene rings is 1. The Morgan fingerprint density at radius 1 is 1.59 bits per heavy atom. The van der Waals surface area contributed by atoms with Crippen LogP contribution in [0.5, 0.6) is 5.75 Å². The number of hydrogen-bond donors (Lipinski definition) is 3. The van der Waals surface area contributed by atoms with E-state index in [2.05, 4.69) is 10.1 Å². The fraction of sp³-hybridized carbons (Fsp3) is 0.417. The van der Waals surface area contributed by atoms with Crippen LogP contribution < -0.4 is 11.1 Å². The molecule has 1 amide bonds. The van der Waals surface area contributed by atoms with Crippen molar-refractivity contribution in [1.29, 1.82) is 0 Å². The third-order valence-corrected chi connectivity index (χ3v) is 2.45. The Morgan fingerprint density at radius 2 is 2.29 bits per heavy atom. The zero-order chi connectivity index (χ0) is 12.8. The lowest BCUT2D eigenvalue weighted by Crippen LogP contribution is -2.26. The summed E-state index contributed by atoms with van der Waals surface area (Å²) in [5.74, 6) is 0.256. The van der Waals surface area contributed by atoms with Gasteiger partial charge in [-0.1, -0.05) is 17.7 Å². The lowest BCUT2D eigenvalue weighted by atomic mass is 10.0. The molecule has 0 fully saturated rings. The van der Waals surface area contributed by atoms with Crippen LogP contribution in [-0.4, -0.2) is 24.4 Å². The second-order valence-corrected chi connectivity index (χ2v) is 3.91. The molecule has 5 nitrogen and oxygen atoms in total. The Hall–Kier alpha value is -1.75. The minimum absolute atomic E-state index is 0.0219. The van der Waals surface area contributed by atoms with Crippen LogP contribution in [0.3, 0.4) is 0 Å². The molecule has 0 aliphatic rings. The van der Waals surface area contributed by atoms with Crippen LogP contribution in [0.25, 0.3) is 0 Å². The van der Waals surface area contributed by atoms with Crippen molar-refractivity contribution in [2.45, 2.75) is 19.9 Å². The van der Waals surface area contributed by atoms with E-state index in [1.165, 1.54) is 0 Å². The van der Waals surface area contributed by atoms with Crippen LogP contribution in [-0.2, 0) is 4.74 Å². The molecule has 0 bridgehead atoms. The van der Waals surface area contributed by atoms with Crippen LogP contribution in [0.2, 0.25) is 0 Å². The zero-order valence-corrected chi connectivity index (χ0v) is 10.1. The standard InChI is InChI=1S/C12H18N2O3/c1-8-3-4-11(15)10(7-8)9(2)14-5-6-17-12(13)16/h3-4,7,9,14-15H,5-6H2,1-2H3,(H2,13,16). The second kappa shape index (κ2) is 6.10. The van der Waals surface area contributed by atoms with Gasteiger partial charge in [0.1, 0.15) is 12.4 Å². The fourth-order valence-corrected chi connectivity index (χ4v) is 1.56. The van der Waals surface area contributed by atoms with Crippen molar-refractivity contribution in [2.75, 3.05) is 13.2 Å². The van der Waals surface area contributed by atoms with Crippen LogP contribution in [0, 0.1) is 6.92 Å². The first-order valence-corrected chi connectivity index (χ1v) is 5.46. The van der Waals surface area contributed by atoms with Crippen molar-refractivity contribution in [3.8, 4) is 5.75 Å². The normalized spacial score (nSPS) is 12.1. The van der Waals surface area contributed by atoms with E-state index in [1.54, 1.807) is 6.07 Å². The molecule has 17 heavy (non-hydrogen) atoms. The highest BCUT2D eigenvalue weighted by molar-refractivity contribution is 5.64. The molecule has 1 aromatic rings. The summed E-state index contributed by atoms with van der Waals surface area (Å²) in [6.07, 6.45) is -0.780. The molecule has 94 valence electrons. The number of phenols is 1. The highest BCUT2D eigenvalue weighted by Gasteiger charge is 2.09. The molecule has 0 saturated heterocycles. The van der Waals surface area contributed by atoms with Gasteiger partial charge in [-0.2, -0.15) is 0 Å². The minimum Gasteiger partial charge on any atom is -0.508 e. The van der Waals surface area contributed by atoms with Crippen molar-refractivity contribution in [3.05, 3.63) is 29.3 Å². The van der Waals surface area contributed by atoms with Gasteiger partial charge in [0, 0.05) is 18.2 Å². The third kappa shape index (κ3) is 4.32. The van der Waals surface area contributed by atoms with Crippen LogP contribution in [0.4, 0.5) is 4.79 Å². The van der Waals surface area contributed by atoms with Crippen LogP contribution in [0.1, 0.15) is 24.1 Å². The van der Waals surface area contributed by atoms with E-state index < -0.39 is 6.09 Å². The molecule has 4 N–H and O–H groups in total. The summed E-state index contributed by atoms with van der Waals surface area (Å²) in [5, 5.41) is 12.8. The Bertz CT molecular complexity index is 393. The van der Waals surface area contributed by atoms with E-state index >= 15 is 0 Å². The molecule has 1 rings (SSSR count). The molecule has 0 aliphatic heterocycles. The number of rotatable bonds is 5. The maximum absolute atomic E-state index is 10.3. The number of carbonyl (C=O) groups excluding carboxylic acids is 1. The Morgan fingerprint density at radius 3 is 2.94 bits per heavy atom. The summed E-state index contributed by atoms with van der Waals surface area (Å²) < 4.78 is 4.60. The molecule has 0 aliphatic carbocycles. The van der Waals surface area contributed by atoms with Crippen molar-refractivity contribution >= 4 is 6.09 Å². The quantitative estimate of drug-likeness (QED) is 0.678. The molecular weight excluding hydrogens is 220 g/mol. The van der Waals surface area contributed by atoms with Gasteiger partial charge in [0.25, 0.3) is 0 Å². The summed E-state index contributed by atoms with van der Waals surface area (Å²) in [6, 6.07) is 5.42. The lowest BCUT2D eigenvalue weighted by Gasteiger charge is -2.16. The number of phenolic OH excluding ortho intramolecular Hbond substituents is 1. The third-order valence-electron chi connectivity index (χ3n) is 2.45. The van der Waals surface area contributed by atoms with E-state index in [-0.39, 0.29) is 18.4 Å². The van der Waals surface area contributed by atoms with Gasteiger partial charge in [-0.3, -0.25) is 0 Å². The molecule has 0 aromatic heterocycles. The number of aryl methyl sites for hydroxylation is 1. The van der Waals surface area contributed by atoms with E-state index in [1.807, 2.05) is 26.0 Å². The van der Waals surface area contributed by atoms with Crippen molar-refractivity contribution in [2.24, 2.45) is 5.73 Å². The largest absolute Gasteiger partial charge is 0.508 e. The van der Waals surface area contributed by atoms with Crippen molar-refractivity contribution < 1.29 is 14.6 Å². The summed E-state index contributed by atoms with van der Waals surface area (Å²) in [7, 11) is 0. The maximum atomic E-state index is 10.3. The van der Waals surface area contributed by atoms with E-state index in [4.69, 9.17) is 5.73 Å². The highest BCUT2D eigenvalue weighted by Crippen LogP contribution is 2.24. The summed E-state index contributed by atoms with van der Waals surface area (Å²) in [6.45, 7) is 4.59. The molecule has 0 heterocycles. The topological polar surface area (TPSA) is 84.6 Å². The van der Waals surface area contributed by atoms with Gasteiger partial charge in [-0.25, -0.2) is 4.79 Å². The smallest absolute Gasteiger partial charge is 0.404 e. The van der Waals surface area contributed by atoms with Gasteiger partial charge in [0.2, 0.25) is 0 Å². The summed E-state index contributed by atoms with van der Waals surface area (Å²) in [5.41, 5.74) is 6.74. The number of ether oxygens (including phenoxy) is 1. The number of nitrogens with two attached hydrogens (primary N) is 1. The van der Waals surface area contributed by atoms with Gasteiger partial charge >= 0.3 is 6.09 Å². The first-order chi connectivity index (χ1) is 8.00. The number of amides is 1. The number of primary amides is 1. The molecule has 1 atom stereocenters. The van der Waals surface area contributed by atoms with Crippen LogP contribution >= 0.6 is 0 Å². The average molecular weight is 238 g/mol. The number of hydrogen-bond acceptors (Lipinski definition) is 4. The number of nitrogens with one attached hydrogen (secondary N) is 1. The first kappa shape index (κ1) is 13.3. The first-order valence-electron chi connectivity index (χ1n) is 5.46. The van der Waals surface area contributed by atoms with E-state index in [9.17, 15) is 9.90 Å². The molecule has 0 saturated carbocycles. The molecular formula is C12H18N2O3. The molecule has 0 spiro atoms. The zero-order valence-electron chi connectivity index (χ0n) is 10.1. The fourth-order valence-electron chi connectivity index (χ4n) is 1.56. The number of carbonyl (C=O) groups is 1. The molecule has 1 unspecified atom stereocenters. The van der Waals surface area contributed by atoms with Crippen LogP contribution in [0.15, 0.2) is 18.2 Å². The predicted molar refractivity (Wildman–Crippen MR) is 64.8 cm³/mol. The van der Waals surface area contributed by atoms with Crippen molar-refractivity contribution in [3.63, 3.8) is 0 Å². The Kier molecular flexibility index (Phi) is 4.78. The Labute approximate surface area is 101 Å². The van der Waals surface area contributed by atoms with Gasteiger partial charge < -0.3 is 20.9 Å². The van der Waals surface area contributed by atoms with Gasteiger partial charge in [-0.05, 0) is 19.9 Å². The maximum Gasteiger partial charge on any atom is 0.404 e. The predicted octanol–water partition coefficient (Wildman–Crippen LogP) is 1.45. The van der Waals surface area contributed by atoms with E-state index in [0.29, 0.717) is 6.54 Å². The second-order valence-electron chi connectivity index (χ2n) is 3.91. The summed E-state index contributed by atoms with van der Waals surface area (Å²) >= 11 is 0. The molecule has 0 radical (unpaired) electrons. The Balaban J connectivity index is 2.49. The SMILES string of the molecule is Cc1ccc(O)c(C(C)NCCOC(N)=O)c1. The monoisotopic (exact) mass is 238 g/mol. The summed E-state index contributed by atoms with van der Waals surface area (Å²) in [4.78, 5) is 10.3. The minimum atomic E-state index is -0.780. The lowest BCUT2D eigenvalue weighted by molar-refractivity contribution is 0.156. The molecule has 1 aromatic carbocycles. The van der Waals surface area contributed by atoms with Gasteiger partial charge in [0.05, 0.1) is 0 Å². The van der Waals surface area contributed by atoms with Gasteiger partial charge in [-0.15, -0.1) is 0 Å². The average Bonchev–Trinajstić information content (AvgIpc) is 2.27. The highest BCUT2D eigenvalue weighted by atomic mass is 16.5.